The second-order valence-electron chi connectivity index (χ2n) is 6.78. The molecule has 1 aromatic heterocycles. The number of rotatable bonds is 6. The molecule has 162 valence electrons. The molecule has 1 aromatic carbocycles. The van der Waals surface area contributed by atoms with Gasteiger partial charge in [0.15, 0.2) is 5.13 Å². The number of nitrogens with zero attached hydrogens (tertiary/aromatic N) is 2. The van der Waals surface area contributed by atoms with Crippen molar-refractivity contribution >= 4 is 28.5 Å². The average Bonchev–Trinajstić information content (AvgIpc) is 3.08. The van der Waals surface area contributed by atoms with Gasteiger partial charge in [0.1, 0.15) is 5.75 Å². The molecule has 0 atom stereocenters. The SMILES string of the molecule is CCOC(=O)N1CCC(C(=O)Nc2nc(-c3ccc(OC(F)F)cc3)c(C)s2)CC1. The first-order valence-corrected chi connectivity index (χ1v) is 10.4. The van der Waals surface area contributed by atoms with E-state index in [4.69, 9.17) is 4.74 Å². The minimum absolute atomic E-state index is 0.0734. The molecule has 1 N–H and O–H groups in total. The van der Waals surface area contributed by atoms with E-state index < -0.39 is 6.61 Å². The number of likely N-dealkylation sites (tertiary alicyclic amines) is 1. The van der Waals surface area contributed by atoms with Crippen molar-refractivity contribution in [2.24, 2.45) is 5.92 Å². The van der Waals surface area contributed by atoms with E-state index in [0.29, 0.717) is 43.4 Å². The lowest BCUT2D eigenvalue weighted by molar-refractivity contribution is -0.121. The highest BCUT2D eigenvalue weighted by Crippen LogP contribution is 2.32. The molecule has 2 aromatic rings. The summed E-state index contributed by atoms with van der Waals surface area (Å²) in [5, 5.41) is 3.34. The molecule has 0 unspecified atom stereocenters. The monoisotopic (exact) mass is 439 g/mol. The molecule has 1 saturated heterocycles. The van der Waals surface area contributed by atoms with E-state index in [1.807, 2.05) is 6.92 Å². The third kappa shape index (κ3) is 5.44. The number of hydrogen-bond donors (Lipinski definition) is 1. The fourth-order valence-electron chi connectivity index (χ4n) is 3.26. The lowest BCUT2D eigenvalue weighted by Crippen LogP contribution is -2.41. The van der Waals surface area contributed by atoms with Crippen LogP contribution in [0.15, 0.2) is 24.3 Å². The van der Waals surface area contributed by atoms with E-state index in [-0.39, 0.29) is 23.7 Å². The summed E-state index contributed by atoms with van der Waals surface area (Å²) >= 11 is 1.35. The first kappa shape index (κ1) is 21.9. The molecule has 2 amide bonds. The van der Waals surface area contributed by atoms with Crippen LogP contribution in [0.3, 0.4) is 0 Å². The number of hydrogen-bond acceptors (Lipinski definition) is 6. The Hall–Kier alpha value is -2.75. The Morgan fingerprint density at radius 1 is 1.27 bits per heavy atom. The predicted molar refractivity (Wildman–Crippen MR) is 109 cm³/mol. The molecule has 1 fully saturated rings. The largest absolute Gasteiger partial charge is 0.450 e. The fourth-order valence-corrected chi connectivity index (χ4v) is 4.10. The highest BCUT2D eigenvalue weighted by Gasteiger charge is 2.28. The zero-order chi connectivity index (χ0) is 21.7. The van der Waals surface area contributed by atoms with Crippen LogP contribution in [0, 0.1) is 12.8 Å². The molecular weight excluding hydrogens is 416 g/mol. The summed E-state index contributed by atoms with van der Waals surface area (Å²) in [4.78, 5) is 31.4. The molecule has 10 heteroatoms. The number of amides is 2. The summed E-state index contributed by atoms with van der Waals surface area (Å²) in [5.74, 6) is -0.252. The number of aryl methyl sites for hydroxylation is 1. The van der Waals surface area contributed by atoms with Crippen molar-refractivity contribution in [2.75, 3.05) is 25.0 Å². The van der Waals surface area contributed by atoms with Crippen LogP contribution < -0.4 is 10.1 Å². The van der Waals surface area contributed by atoms with E-state index in [2.05, 4.69) is 15.0 Å². The van der Waals surface area contributed by atoms with Gasteiger partial charge in [0, 0.05) is 29.4 Å². The summed E-state index contributed by atoms with van der Waals surface area (Å²) in [5.41, 5.74) is 1.42. The second kappa shape index (κ2) is 9.84. The molecule has 1 aliphatic heterocycles. The van der Waals surface area contributed by atoms with Crippen LogP contribution in [0.1, 0.15) is 24.6 Å². The van der Waals surface area contributed by atoms with Gasteiger partial charge in [-0.15, -0.1) is 11.3 Å². The smallest absolute Gasteiger partial charge is 0.409 e. The van der Waals surface area contributed by atoms with Gasteiger partial charge in [-0.05, 0) is 51.0 Å². The van der Waals surface area contributed by atoms with E-state index >= 15 is 0 Å². The number of ether oxygens (including phenoxy) is 2. The molecule has 30 heavy (non-hydrogen) atoms. The lowest BCUT2D eigenvalue weighted by Gasteiger charge is -2.30. The number of piperidine rings is 1. The fraction of sp³-hybridized carbons (Fsp3) is 0.450. The summed E-state index contributed by atoms with van der Waals surface area (Å²) in [6.07, 6.45) is 0.780. The van der Waals surface area contributed by atoms with E-state index in [1.54, 1.807) is 24.0 Å². The number of alkyl halides is 2. The Morgan fingerprint density at radius 3 is 2.53 bits per heavy atom. The van der Waals surface area contributed by atoms with Crippen LogP contribution in [0.5, 0.6) is 5.75 Å². The number of anilines is 1. The summed E-state index contributed by atoms with van der Waals surface area (Å²) in [6.45, 7) is 2.05. The van der Waals surface area contributed by atoms with Gasteiger partial charge in [-0.2, -0.15) is 8.78 Å². The molecule has 0 radical (unpaired) electrons. The highest BCUT2D eigenvalue weighted by atomic mass is 32.1. The Kier molecular flexibility index (Phi) is 7.20. The molecule has 2 heterocycles. The maximum absolute atomic E-state index is 12.6. The van der Waals surface area contributed by atoms with Crippen LogP contribution in [0.25, 0.3) is 11.3 Å². The van der Waals surface area contributed by atoms with Crippen molar-refractivity contribution in [3.8, 4) is 17.0 Å². The number of halogens is 2. The maximum atomic E-state index is 12.6. The van der Waals surface area contributed by atoms with Crippen LogP contribution in [-0.2, 0) is 9.53 Å². The molecule has 0 spiro atoms. The van der Waals surface area contributed by atoms with E-state index in [9.17, 15) is 18.4 Å². The topological polar surface area (TPSA) is 80.8 Å². The number of carbonyl (C=O) groups is 2. The number of nitrogens with one attached hydrogen (secondary N) is 1. The number of thiazole rings is 1. The second-order valence-corrected chi connectivity index (χ2v) is 7.98. The van der Waals surface area contributed by atoms with Gasteiger partial charge in [0.2, 0.25) is 5.91 Å². The van der Waals surface area contributed by atoms with Crippen LogP contribution in [0.4, 0.5) is 18.7 Å². The zero-order valence-electron chi connectivity index (χ0n) is 16.7. The first-order valence-electron chi connectivity index (χ1n) is 9.62. The van der Waals surface area contributed by atoms with Crippen molar-refractivity contribution in [3.63, 3.8) is 0 Å². The van der Waals surface area contributed by atoms with Gasteiger partial charge in [-0.25, -0.2) is 9.78 Å². The van der Waals surface area contributed by atoms with Crippen LogP contribution in [0.2, 0.25) is 0 Å². The van der Waals surface area contributed by atoms with Crippen molar-refractivity contribution in [1.82, 2.24) is 9.88 Å². The van der Waals surface area contributed by atoms with Crippen molar-refractivity contribution in [3.05, 3.63) is 29.1 Å². The van der Waals surface area contributed by atoms with Gasteiger partial charge < -0.3 is 19.7 Å². The number of carbonyl (C=O) groups excluding carboxylic acids is 2. The Balaban J connectivity index is 1.59. The number of aromatic nitrogens is 1. The maximum Gasteiger partial charge on any atom is 0.409 e. The highest BCUT2D eigenvalue weighted by molar-refractivity contribution is 7.16. The predicted octanol–water partition coefficient (Wildman–Crippen LogP) is 4.53. The summed E-state index contributed by atoms with van der Waals surface area (Å²) < 4.78 is 33.9. The van der Waals surface area contributed by atoms with Gasteiger partial charge in [-0.1, -0.05) is 0 Å². The van der Waals surface area contributed by atoms with Crippen molar-refractivity contribution in [1.29, 1.82) is 0 Å². The van der Waals surface area contributed by atoms with Gasteiger partial charge in [0.25, 0.3) is 0 Å². The molecule has 3 rings (SSSR count). The molecule has 1 aliphatic rings. The normalized spacial score (nSPS) is 14.6. The molecule has 0 bridgehead atoms. The molecule has 7 nitrogen and oxygen atoms in total. The lowest BCUT2D eigenvalue weighted by atomic mass is 9.96. The minimum Gasteiger partial charge on any atom is -0.450 e. The Morgan fingerprint density at radius 2 is 1.93 bits per heavy atom. The van der Waals surface area contributed by atoms with Crippen molar-refractivity contribution in [2.45, 2.75) is 33.3 Å². The minimum atomic E-state index is -2.87. The number of benzene rings is 1. The third-order valence-corrected chi connectivity index (χ3v) is 5.66. The molecular formula is C20H23F2N3O4S. The quantitative estimate of drug-likeness (QED) is 0.715. The van der Waals surface area contributed by atoms with Gasteiger partial charge >= 0.3 is 12.7 Å². The van der Waals surface area contributed by atoms with Gasteiger partial charge in [0.05, 0.1) is 12.3 Å². The van der Waals surface area contributed by atoms with Crippen LogP contribution >= 0.6 is 11.3 Å². The first-order chi connectivity index (χ1) is 14.4. The van der Waals surface area contributed by atoms with E-state index in [0.717, 1.165) is 10.4 Å². The van der Waals surface area contributed by atoms with E-state index in [1.165, 1.54) is 23.5 Å². The molecule has 0 aliphatic carbocycles. The summed E-state index contributed by atoms with van der Waals surface area (Å²) in [6, 6.07) is 6.21. The van der Waals surface area contributed by atoms with Crippen molar-refractivity contribution < 1.29 is 27.8 Å². The Bertz CT molecular complexity index is 881. The zero-order valence-corrected chi connectivity index (χ0v) is 17.5. The standard InChI is InChI=1S/C20H23F2N3O4S/c1-3-28-20(27)25-10-8-14(9-11-25)17(26)24-19-23-16(12(2)30-19)13-4-6-15(7-5-13)29-18(21)22/h4-7,14,18H,3,8-11H2,1-2H3,(H,23,24,26). The van der Waals surface area contributed by atoms with Gasteiger partial charge in [-0.3, -0.25) is 4.79 Å². The molecule has 0 saturated carbocycles. The average molecular weight is 439 g/mol. The van der Waals surface area contributed by atoms with Crippen LogP contribution in [-0.4, -0.2) is 48.2 Å². The summed E-state index contributed by atoms with van der Waals surface area (Å²) in [7, 11) is 0. The third-order valence-electron chi connectivity index (χ3n) is 4.77. The Labute approximate surface area is 177 Å².